The molecule has 0 unspecified atom stereocenters. The standard InChI is InChI=1S/C8H13BN2O3/c1-11(4-5-12)8-6-7(9(13)14)2-3-10-8/h2-3,6,12-14H,4-5H2,1H3. The molecule has 0 fully saturated rings. The Balaban J connectivity index is 2.82. The van der Waals surface area contributed by atoms with Crippen LogP contribution in [0.1, 0.15) is 0 Å². The van der Waals surface area contributed by atoms with Crippen LogP contribution in [0.4, 0.5) is 5.82 Å². The first-order valence-electron chi connectivity index (χ1n) is 4.29. The average Bonchev–Trinajstić information content (AvgIpc) is 2.18. The van der Waals surface area contributed by atoms with Crippen LogP contribution < -0.4 is 10.4 Å². The van der Waals surface area contributed by atoms with Gasteiger partial charge in [0.25, 0.3) is 0 Å². The molecular weight excluding hydrogens is 183 g/mol. The molecule has 0 aliphatic heterocycles. The van der Waals surface area contributed by atoms with Gasteiger partial charge in [-0.25, -0.2) is 4.98 Å². The van der Waals surface area contributed by atoms with Crippen molar-refractivity contribution in [1.82, 2.24) is 4.98 Å². The van der Waals surface area contributed by atoms with Gasteiger partial charge in [-0.3, -0.25) is 0 Å². The van der Waals surface area contributed by atoms with Crippen molar-refractivity contribution in [2.45, 2.75) is 0 Å². The number of anilines is 1. The first-order chi connectivity index (χ1) is 6.65. The van der Waals surface area contributed by atoms with E-state index >= 15 is 0 Å². The molecule has 5 nitrogen and oxygen atoms in total. The molecule has 0 aliphatic carbocycles. The Kier molecular flexibility index (Phi) is 3.88. The van der Waals surface area contributed by atoms with E-state index in [1.54, 1.807) is 18.0 Å². The van der Waals surface area contributed by atoms with Crippen molar-refractivity contribution in [2.75, 3.05) is 25.1 Å². The molecule has 0 bridgehead atoms. The van der Waals surface area contributed by atoms with Crippen molar-refractivity contribution in [1.29, 1.82) is 0 Å². The maximum absolute atomic E-state index is 8.92. The summed E-state index contributed by atoms with van der Waals surface area (Å²) >= 11 is 0. The number of rotatable bonds is 4. The summed E-state index contributed by atoms with van der Waals surface area (Å²) in [6.07, 6.45) is 1.50. The molecule has 1 rings (SSSR count). The third kappa shape index (κ3) is 2.70. The minimum Gasteiger partial charge on any atom is -0.423 e. The van der Waals surface area contributed by atoms with Gasteiger partial charge in [0.1, 0.15) is 5.82 Å². The van der Waals surface area contributed by atoms with Crippen LogP contribution in [0.2, 0.25) is 0 Å². The number of aliphatic hydroxyl groups is 1. The number of hydrogen-bond acceptors (Lipinski definition) is 5. The second kappa shape index (κ2) is 4.95. The van der Waals surface area contributed by atoms with Gasteiger partial charge in [-0.1, -0.05) is 0 Å². The van der Waals surface area contributed by atoms with Crippen molar-refractivity contribution >= 4 is 18.4 Å². The highest BCUT2D eigenvalue weighted by Crippen LogP contribution is 2.04. The molecule has 1 aromatic rings. The number of nitrogens with zero attached hydrogens (tertiary/aromatic N) is 2. The monoisotopic (exact) mass is 196 g/mol. The van der Waals surface area contributed by atoms with Crippen LogP contribution >= 0.6 is 0 Å². The Hall–Kier alpha value is -1.11. The van der Waals surface area contributed by atoms with Crippen LogP contribution in [0.3, 0.4) is 0 Å². The summed E-state index contributed by atoms with van der Waals surface area (Å²) in [5, 5.41) is 26.5. The summed E-state index contributed by atoms with van der Waals surface area (Å²) in [4.78, 5) is 5.76. The van der Waals surface area contributed by atoms with Gasteiger partial charge in [0.2, 0.25) is 0 Å². The van der Waals surface area contributed by atoms with Crippen molar-refractivity contribution in [3.63, 3.8) is 0 Å². The normalized spacial score (nSPS) is 10.0. The average molecular weight is 196 g/mol. The molecule has 0 atom stereocenters. The largest absolute Gasteiger partial charge is 0.488 e. The van der Waals surface area contributed by atoms with Crippen LogP contribution in [0.5, 0.6) is 0 Å². The van der Waals surface area contributed by atoms with Gasteiger partial charge in [0, 0.05) is 19.8 Å². The Bertz CT molecular complexity index is 296. The molecule has 14 heavy (non-hydrogen) atoms. The maximum Gasteiger partial charge on any atom is 0.488 e. The van der Waals surface area contributed by atoms with Crippen LogP contribution in [0.25, 0.3) is 0 Å². The molecule has 3 N–H and O–H groups in total. The molecule has 0 radical (unpaired) electrons. The highest BCUT2D eigenvalue weighted by atomic mass is 16.4. The van der Waals surface area contributed by atoms with E-state index in [0.717, 1.165) is 0 Å². The van der Waals surface area contributed by atoms with Gasteiger partial charge in [0.15, 0.2) is 0 Å². The maximum atomic E-state index is 8.92. The molecular formula is C8H13BN2O3. The Morgan fingerprint density at radius 2 is 2.21 bits per heavy atom. The van der Waals surface area contributed by atoms with E-state index in [0.29, 0.717) is 17.8 Å². The lowest BCUT2D eigenvalue weighted by Gasteiger charge is -2.16. The molecule has 76 valence electrons. The zero-order chi connectivity index (χ0) is 10.6. The summed E-state index contributed by atoms with van der Waals surface area (Å²) in [5.74, 6) is 0.602. The Labute approximate surface area is 82.8 Å². The molecule has 0 saturated heterocycles. The lowest BCUT2D eigenvalue weighted by atomic mass is 9.81. The van der Waals surface area contributed by atoms with Crippen molar-refractivity contribution < 1.29 is 15.2 Å². The molecule has 0 saturated carbocycles. The van der Waals surface area contributed by atoms with Crippen molar-refractivity contribution in [3.05, 3.63) is 18.3 Å². The molecule has 0 aromatic carbocycles. The topological polar surface area (TPSA) is 76.8 Å². The van der Waals surface area contributed by atoms with Crippen LogP contribution in [-0.2, 0) is 0 Å². The fraction of sp³-hybridized carbons (Fsp3) is 0.375. The van der Waals surface area contributed by atoms with Gasteiger partial charge < -0.3 is 20.1 Å². The molecule has 6 heteroatoms. The minimum atomic E-state index is -1.49. The van der Waals surface area contributed by atoms with E-state index < -0.39 is 7.12 Å². The van der Waals surface area contributed by atoms with E-state index in [1.807, 2.05) is 0 Å². The zero-order valence-corrected chi connectivity index (χ0v) is 7.96. The van der Waals surface area contributed by atoms with E-state index in [2.05, 4.69) is 4.98 Å². The Morgan fingerprint density at radius 3 is 2.79 bits per heavy atom. The third-order valence-electron chi connectivity index (χ3n) is 1.89. The highest BCUT2D eigenvalue weighted by molar-refractivity contribution is 6.58. The summed E-state index contributed by atoms with van der Waals surface area (Å²) < 4.78 is 0. The fourth-order valence-electron chi connectivity index (χ4n) is 1.07. The van der Waals surface area contributed by atoms with Gasteiger partial charge >= 0.3 is 7.12 Å². The number of pyridine rings is 1. The smallest absolute Gasteiger partial charge is 0.423 e. The van der Waals surface area contributed by atoms with Crippen LogP contribution in [-0.4, -0.2) is 47.5 Å². The van der Waals surface area contributed by atoms with Gasteiger partial charge in [0.05, 0.1) is 6.61 Å². The molecule has 1 aromatic heterocycles. The third-order valence-corrected chi connectivity index (χ3v) is 1.89. The SMILES string of the molecule is CN(CCO)c1cc(B(O)O)ccn1. The predicted octanol–water partition coefficient (Wildman–Crippen LogP) is -1.81. The second-order valence-electron chi connectivity index (χ2n) is 2.97. The zero-order valence-electron chi connectivity index (χ0n) is 7.96. The van der Waals surface area contributed by atoms with Crippen LogP contribution in [0, 0.1) is 0 Å². The van der Waals surface area contributed by atoms with Crippen LogP contribution in [0.15, 0.2) is 18.3 Å². The lowest BCUT2D eigenvalue weighted by Crippen LogP contribution is -2.31. The Morgan fingerprint density at radius 1 is 1.50 bits per heavy atom. The molecule has 1 heterocycles. The van der Waals surface area contributed by atoms with E-state index in [4.69, 9.17) is 15.2 Å². The van der Waals surface area contributed by atoms with Gasteiger partial charge in [-0.15, -0.1) is 0 Å². The molecule has 0 amide bonds. The first kappa shape index (κ1) is 11.0. The molecule has 0 spiro atoms. The first-order valence-corrected chi connectivity index (χ1v) is 4.29. The van der Waals surface area contributed by atoms with Crippen molar-refractivity contribution in [3.8, 4) is 0 Å². The number of aromatic nitrogens is 1. The predicted molar refractivity (Wildman–Crippen MR) is 54.4 cm³/mol. The highest BCUT2D eigenvalue weighted by Gasteiger charge is 2.12. The van der Waals surface area contributed by atoms with E-state index in [-0.39, 0.29) is 6.61 Å². The fourth-order valence-corrected chi connectivity index (χ4v) is 1.07. The summed E-state index contributed by atoms with van der Waals surface area (Å²) in [7, 11) is 0.283. The summed E-state index contributed by atoms with van der Waals surface area (Å²) in [6, 6.07) is 3.10. The number of aliphatic hydroxyl groups excluding tert-OH is 1. The summed E-state index contributed by atoms with van der Waals surface area (Å²) in [6.45, 7) is 0.488. The number of likely N-dealkylation sites (N-methyl/N-ethyl adjacent to an activating group) is 1. The van der Waals surface area contributed by atoms with E-state index in [1.165, 1.54) is 12.3 Å². The number of hydrogen-bond donors (Lipinski definition) is 3. The molecule has 0 aliphatic rings. The second-order valence-corrected chi connectivity index (χ2v) is 2.97. The minimum absolute atomic E-state index is 0.0318. The van der Waals surface area contributed by atoms with Crippen molar-refractivity contribution in [2.24, 2.45) is 0 Å². The lowest BCUT2D eigenvalue weighted by molar-refractivity contribution is 0.304. The summed E-state index contributed by atoms with van der Waals surface area (Å²) in [5.41, 5.74) is 0.389. The quantitative estimate of drug-likeness (QED) is 0.495. The van der Waals surface area contributed by atoms with Gasteiger partial charge in [-0.05, 0) is 17.6 Å². The van der Waals surface area contributed by atoms with Gasteiger partial charge in [-0.2, -0.15) is 0 Å². The van der Waals surface area contributed by atoms with E-state index in [9.17, 15) is 0 Å².